The summed E-state index contributed by atoms with van der Waals surface area (Å²) in [5.41, 5.74) is 0.870. The van der Waals surface area contributed by atoms with Gasteiger partial charge in [0.25, 0.3) is 0 Å². The van der Waals surface area contributed by atoms with E-state index >= 15 is 0 Å². The third kappa shape index (κ3) is 4.04. The summed E-state index contributed by atoms with van der Waals surface area (Å²) in [6.07, 6.45) is 2.94. The van der Waals surface area contributed by atoms with Crippen LogP contribution in [0.15, 0.2) is 41.6 Å². The van der Waals surface area contributed by atoms with Gasteiger partial charge in [0.05, 0.1) is 25.4 Å². The molecule has 0 aliphatic carbocycles. The molecule has 1 atom stereocenters. The molecular weight excluding hydrogens is 364 g/mol. The van der Waals surface area contributed by atoms with E-state index in [9.17, 15) is 8.42 Å². The second kappa shape index (κ2) is 7.84. The lowest BCUT2D eigenvalue weighted by atomic mass is 10.1. The van der Waals surface area contributed by atoms with Crippen molar-refractivity contribution in [1.82, 2.24) is 19.4 Å². The summed E-state index contributed by atoms with van der Waals surface area (Å²) in [7, 11) is -2.06. The number of rotatable bonds is 6. The van der Waals surface area contributed by atoms with Gasteiger partial charge >= 0.3 is 0 Å². The van der Waals surface area contributed by atoms with Crippen molar-refractivity contribution in [2.45, 2.75) is 17.5 Å². The third-order valence-electron chi connectivity index (χ3n) is 4.17. The maximum absolute atomic E-state index is 13.1. The van der Waals surface area contributed by atoms with Crippen molar-refractivity contribution in [2.75, 3.05) is 33.4 Å². The molecule has 0 saturated carbocycles. The molecule has 2 heterocycles. The summed E-state index contributed by atoms with van der Waals surface area (Å²) in [4.78, 5) is 0.192. The number of ether oxygens (including phenoxy) is 1. The van der Waals surface area contributed by atoms with Crippen LogP contribution in [0.5, 0.6) is 0 Å². The first-order chi connectivity index (χ1) is 12.0. The van der Waals surface area contributed by atoms with Crippen LogP contribution < -0.4 is 5.32 Å². The van der Waals surface area contributed by atoms with E-state index in [-0.39, 0.29) is 10.9 Å². The van der Waals surface area contributed by atoms with Gasteiger partial charge in [0, 0.05) is 38.0 Å². The second-order valence-corrected chi connectivity index (χ2v) is 8.15. The van der Waals surface area contributed by atoms with Gasteiger partial charge in [-0.25, -0.2) is 8.42 Å². The predicted octanol–water partition coefficient (Wildman–Crippen LogP) is 1.52. The van der Waals surface area contributed by atoms with Gasteiger partial charge in [-0.3, -0.25) is 4.68 Å². The molecule has 7 nitrogen and oxygen atoms in total. The van der Waals surface area contributed by atoms with Crippen molar-refractivity contribution in [3.8, 4) is 0 Å². The summed E-state index contributed by atoms with van der Waals surface area (Å²) >= 11 is 6.08. The molecule has 0 amide bonds. The largest absolute Gasteiger partial charge is 0.383 e. The number of aromatic nitrogens is 2. The predicted molar refractivity (Wildman–Crippen MR) is 95.1 cm³/mol. The smallest absolute Gasteiger partial charge is 0.246 e. The molecule has 1 aliphatic rings. The van der Waals surface area contributed by atoms with Crippen molar-refractivity contribution >= 4 is 21.6 Å². The van der Waals surface area contributed by atoms with E-state index in [1.807, 2.05) is 18.2 Å². The molecule has 136 valence electrons. The fourth-order valence-corrected chi connectivity index (χ4v) is 4.66. The zero-order chi connectivity index (χ0) is 17.9. The first-order valence-corrected chi connectivity index (χ1v) is 9.83. The van der Waals surface area contributed by atoms with Crippen molar-refractivity contribution in [2.24, 2.45) is 0 Å². The number of hydrogen-bond acceptors (Lipinski definition) is 5. The van der Waals surface area contributed by atoms with Crippen LogP contribution in [0.3, 0.4) is 0 Å². The molecule has 1 unspecified atom stereocenters. The standard InChI is InChI=1S/C16H21ClN4O3S/c1-24-8-7-20-12-15(10-19-20)25(22,23)21-6-5-18-11-16(21)13-3-2-4-14(17)9-13/h2-4,9-10,12,16,18H,5-8,11H2,1H3. The lowest BCUT2D eigenvalue weighted by Gasteiger charge is -2.35. The highest BCUT2D eigenvalue weighted by Gasteiger charge is 2.35. The molecule has 25 heavy (non-hydrogen) atoms. The first kappa shape index (κ1) is 18.3. The summed E-state index contributed by atoms with van der Waals surface area (Å²) < 4.78 is 34.3. The number of piperazine rings is 1. The number of methoxy groups -OCH3 is 1. The fraction of sp³-hybridized carbons (Fsp3) is 0.438. The van der Waals surface area contributed by atoms with Crippen molar-refractivity contribution < 1.29 is 13.2 Å². The number of hydrogen-bond donors (Lipinski definition) is 1. The summed E-state index contributed by atoms with van der Waals surface area (Å²) in [5.74, 6) is 0. The van der Waals surface area contributed by atoms with Gasteiger partial charge in [0.1, 0.15) is 4.90 Å². The summed E-state index contributed by atoms with van der Waals surface area (Å²) in [6.45, 7) is 2.51. The number of sulfonamides is 1. The van der Waals surface area contributed by atoms with Crippen LogP contribution in [0.2, 0.25) is 5.02 Å². The van der Waals surface area contributed by atoms with Crippen LogP contribution in [0.4, 0.5) is 0 Å². The second-order valence-electron chi connectivity index (χ2n) is 5.82. The van der Waals surface area contributed by atoms with Crippen LogP contribution in [0, 0.1) is 0 Å². The van der Waals surface area contributed by atoms with Crippen molar-refractivity contribution in [3.05, 3.63) is 47.2 Å². The molecular formula is C16H21ClN4O3S. The lowest BCUT2D eigenvalue weighted by molar-refractivity contribution is 0.183. The van der Waals surface area contributed by atoms with E-state index in [0.29, 0.717) is 37.8 Å². The highest BCUT2D eigenvalue weighted by Crippen LogP contribution is 2.29. The highest BCUT2D eigenvalue weighted by atomic mass is 35.5. The number of halogens is 1. The van der Waals surface area contributed by atoms with Crippen LogP contribution in [-0.2, 0) is 21.3 Å². The van der Waals surface area contributed by atoms with Gasteiger partial charge in [0.15, 0.2) is 0 Å². The van der Waals surface area contributed by atoms with Crippen LogP contribution >= 0.6 is 11.6 Å². The maximum atomic E-state index is 13.1. The minimum atomic E-state index is -3.65. The van der Waals surface area contributed by atoms with Gasteiger partial charge in [-0.2, -0.15) is 9.40 Å². The molecule has 2 aromatic rings. The van der Waals surface area contributed by atoms with Crippen molar-refractivity contribution in [1.29, 1.82) is 0 Å². The fourth-order valence-electron chi connectivity index (χ4n) is 2.89. The zero-order valence-corrected chi connectivity index (χ0v) is 15.5. The van der Waals surface area contributed by atoms with Crippen LogP contribution in [0.25, 0.3) is 0 Å². The van der Waals surface area contributed by atoms with Crippen molar-refractivity contribution in [3.63, 3.8) is 0 Å². The summed E-state index contributed by atoms with van der Waals surface area (Å²) in [5, 5.41) is 7.96. The van der Waals surface area contributed by atoms with Gasteiger partial charge < -0.3 is 10.1 Å². The van der Waals surface area contributed by atoms with Crippen LogP contribution in [-0.4, -0.2) is 55.9 Å². The monoisotopic (exact) mass is 384 g/mol. The van der Waals surface area contributed by atoms with E-state index in [1.165, 1.54) is 10.5 Å². The minimum Gasteiger partial charge on any atom is -0.383 e. The van der Waals surface area contributed by atoms with Gasteiger partial charge in [-0.05, 0) is 17.7 Å². The Morgan fingerprint density at radius 3 is 3.04 bits per heavy atom. The Hall–Kier alpha value is -1.45. The Kier molecular flexibility index (Phi) is 5.75. The van der Waals surface area contributed by atoms with E-state index < -0.39 is 10.0 Å². The molecule has 1 fully saturated rings. The molecule has 1 saturated heterocycles. The minimum absolute atomic E-state index is 0.192. The maximum Gasteiger partial charge on any atom is 0.246 e. The van der Waals surface area contributed by atoms with E-state index in [0.717, 1.165) is 5.56 Å². The molecule has 1 aromatic heterocycles. The molecule has 1 N–H and O–H groups in total. The third-order valence-corrected chi connectivity index (χ3v) is 6.26. The number of nitrogens with one attached hydrogen (secondary N) is 1. The molecule has 1 aliphatic heterocycles. The Morgan fingerprint density at radius 2 is 2.28 bits per heavy atom. The normalized spacial score (nSPS) is 19.2. The van der Waals surface area contributed by atoms with Crippen LogP contribution in [0.1, 0.15) is 11.6 Å². The molecule has 3 rings (SSSR count). The average Bonchev–Trinajstić information content (AvgIpc) is 3.10. The highest BCUT2D eigenvalue weighted by molar-refractivity contribution is 7.89. The van der Waals surface area contributed by atoms with E-state index in [4.69, 9.17) is 16.3 Å². The topological polar surface area (TPSA) is 76.5 Å². The quantitative estimate of drug-likeness (QED) is 0.817. The first-order valence-electron chi connectivity index (χ1n) is 8.02. The molecule has 9 heteroatoms. The van der Waals surface area contributed by atoms with E-state index in [2.05, 4.69) is 10.4 Å². The Labute approximate surface area is 152 Å². The van der Waals surface area contributed by atoms with Gasteiger partial charge in [0.2, 0.25) is 10.0 Å². The SMILES string of the molecule is COCCn1cc(S(=O)(=O)N2CCNCC2c2cccc(Cl)c2)cn1. The van der Waals surface area contributed by atoms with Gasteiger partial charge in [-0.15, -0.1) is 0 Å². The molecule has 0 radical (unpaired) electrons. The summed E-state index contributed by atoms with van der Waals surface area (Å²) in [6, 6.07) is 7.01. The van der Waals surface area contributed by atoms with Gasteiger partial charge in [-0.1, -0.05) is 23.7 Å². The molecule has 0 spiro atoms. The van der Waals surface area contributed by atoms with E-state index in [1.54, 1.807) is 24.1 Å². The Balaban J connectivity index is 1.89. The molecule has 1 aromatic carbocycles. The number of nitrogens with zero attached hydrogens (tertiary/aromatic N) is 3. The zero-order valence-electron chi connectivity index (χ0n) is 13.9. The Bertz CT molecular complexity index is 824. The number of benzene rings is 1. The molecule has 0 bridgehead atoms. The average molecular weight is 385 g/mol. The lowest BCUT2D eigenvalue weighted by Crippen LogP contribution is -2.48. The Morgan fingerprint density at radius 1 is 1.44 bits per heavy atom.